The van der Waals surface area contributed by atoms with Crippen LogP contribution in [-0.4, -0.2) is 22.1 Å². The van der Waals surface area contributed by atoms with Gasteiger partial charge in [-0.15, -0.1) is 0 Å². The number of hydrogen-bond donors (Lipinski definition) is 2. The van der Waals surface area contributed by atoms with Gasteiger partial charge >= 0.3 is 0 Å². The number of aliphatic hydroxyl groups excluding tert-OH is 1. The van der Waals surface area contributed by atoms with Crippen LogP contribution in [0, 0.1) is 0 Å². The van der Waals surface area contributed by atoms with E-state index < -0.39 is 0 Å². The first-order valence-corrected chi connectivity index (χ1v) is 7.84. The minimum Gasteiger partial charge on any atom is -0.397 e. The monoisotopic (exact) mass is 293 g/mol. The Bertz CT molecular complexity index is 429. The Balaban J connectivity index is 0.000000433. The average Bonchev–Trinajstić information content (AvgIpc) is 2.83. The highest BCUT2D eigenvalue weighted by Gasteiger charge is 2.05. The Morgan fingerprint density at radius 1 is 1.33 bits per heavy atom. The molecule has 0 atom stereocenters. The highest BCUT2D eigenvalue weighted by atomic mass is 16.3. The maximum absolute atomic E-state index is 9.05. The summed E-state index contributed by atoms with van der Waals surface area (Å²) in [5.74, 6) is 0. The Kier molecular flexibility index (Phi) is 10.3. The van der Waals surface area contributed by atoms with Crippen LogP contribution in [0.4, 0.5) is 0 Å². The number of rotatable bonds is 7. The van der Waals surface area contributed by atoms with Gasteiger partial charge in [0.1, 0.15) is 0 Å². The molecule has 0 bridgehead atoms. The van der Waals surface area contributed by atoms with Crippen molar-refractivity contribution in [2.24, 2.45) is 10.8 Å². The molecule has 1 aromatic rings. The predicted molar refractivity (Wildman–Crippen MR) is 92.4 cm³/mol. The maximum atomic E-state index is 9.05. The van der Waals surface area contributed by atoms with Crippen LogP contribution in [0.1, 0.15) is 64.8 Å². The number of nitrogens with two attached hydrogens (primary N) is 1. The van der Waals surface area contributed by atoms with Crippen LogP contribution >= 0.6 is 0 Å². The SMILES string of the molecule is C=C(N)c1ccc(CC)n1/N=C\C.CCCC(O)CCC. The van der Waals surface area contributed by atoms with Gasteiger partial charge in [0, 0.05) is 11.9 Å². The molecule has 21 heavy (non-hydrogen) atoms. The van der Waals surface area contributed by atoms with Crippen molar-refractivity contribution >= 4 is 11.9 Å². The minimum absolute atomic E-state index is 0.0370. The molecule has 1 aromatic heterocycles. The van der Waals surface area contributed by atoms with Crippen molar-refractivity contribution in [2.45, 2.75) is 65.9 Å². The van der Waals surface area contributed by atoms with E-state index in [-0.39, 0.29) is 6.10 Å². The molecule has 0 aromatic carbocycles. The van der Waals surface area contributed by atoms with Crippen molar-refractivity contribution in [1.29, 1.82) is 0 Å². The zero-order valence-corrected chi connectivity index (χ0v) is 14.0. The third-order valence-corrected chi connectivity index (χ3v) is 3.10. The first kappa shape index (κ1) is 19.4. The smallest absolute Gasteiger partial charge is 0.0872 e. The Morgan fingerprint density at radius 3 is 2.29 bits per heavy atom. The molecule has 0 aliphatic rings. The molecule has 3 N–H and O–H groups in total. The molecule has 4 nitrogen and oxygen atoms in total. The van der Waals surface area contributed by atoms with E-state index in [9.17, 15) is 0 Å². The quantitative estimate of drug-likeness (QED) is 0.751. The van der Waals surface area contributed by atoms with Crippen LogP contribution in [0.5, 0.6) is 0 Å². The fraction of sp³-hybridized carbons (Fsp3) is 0.588. The molecule has 0 saturated carbocycles. The molecule has 0 amide bonds. The zero-order chi connectivity index (χ0) is 16.3. The van der Waals surface area contributed by atoms with Crippen molar-refractivity contribution in [3.63, 3.8) is 0 Å². The number of aliphatic hydroxyl groups is 1. The predicted octanol–water partition coefficient (Wildman–Crippen LogP) is 3.78. The largest absolute Gasteiger partial charge is 0.397 e. The van der Waals surface area contributed by atoms with E-state index in [4.69, 9.17) is 10.8 Å². The second-order valence-corrected chi connectivity index (χ2v) is 5.01. The van der Waals surface area contributed by atoms with Gasteiger partial charge in [-0.25, -0.2) is 4.68 Å². The third kappa shape index (κ3) is 7.14. The van der Waals surface area contributed by atoms with Crippen molar-refractivity contribution in [1.82, 2.24) is 4.68 Å². The molecule has 0 spiro atoms. The Labute approximate surface area is 129 Å². The number of hydrogen-bond acceptors (Lipinski definition) is 3. The molecule has 4 heteroatoms. The molecular weight excluding hydrogens is 262 g/mol. The first-order valence-electron chi connectivity index (χ1n) is 7.84. The van der Waals surface area contributed by atoms with E-state index in [1.807, 2.05) is 23.7 Å². The van der Waals surface area contributed by atoms with E-state index in [0.717, 1.165) is 43.5 Å². The lowest BCUT2D eigenvalue weighted by atomic mass is 10.1. The zero-order valence-electron chi connectivity index (χ0n) is 14.0. The molecule has 0 unspecified atom stereocenters. The molecular formula is C17H31N3O. The van der Waals surface area contributed by atoms with Crippen molar-refractivity contribution in [2.75, 3.05) is 0 Å². The molecule has 120 valence electrons. The summed E-state index contributed by atoms with van der Waals surface area (Å²) in [7, 11) is 0. The summed E-state index contributed by atoms with van der Waals surface area (Å²) in [5.41, 5.74) is 8.18. The molecule has 0 aliphatic heterocycles. The van der Waals surface area contributed by atoms with Gasteiger partial charge in [0.25, 0.3) is 0 Å². The van der Waals surface area contributed by atoms with Gasteiger partial charge in [-0.05, 0) is 38.3 Å². The average molecular weight is 293 g/mol. The second-order valence-electron chi connectivity index (χ2n) is 5.01. The summed E-state index contributed by atoms with van der Waals surface area (Å²) in [4.78, 5) is 0. The second kappa shape index (κ2) is 11.1. The van der Waals surface area contributed by atoms with Gasteiger partial charge < -0.3 is 10.8 Å². The van der Waals surface area contributed by atoms with E-state index in [2.05, 4.69) is 32.5 Å². The van der Waals surface area contributed by atoms with Crippen LogP contribution in [0.15, 0.2) is 23.8 Å². The van der Waals surface area contributed by atoms with Gasteiger partial charge in [0.2, 0.25) is 0 Å². The van der Waals surface area contributed by atoms with Gasteiger partial charge in [-0.1, -0.05) is 40.2 Å². The molecule has 0 aliphatic carbocycles. The standard InChI is InChI=1S/C10H15N3.C7H16O/c1-4-9-6-7-10(8(3)11)13(9)12-5-2;1-3-5-7(8)6-4-2/h5-7H,3-4,11H2,1-2H3;7-8H,3-6H2,1-2H3/b12-5-;. The number of aromatic nitrogens is 1. The minimum atomic E-state index is -0.0370. The topological polar surface area (TPSA) is 63.5 Å². The molecule has 1 rings (SSSR count). The maximum Gasteiger partial charge on any atom is 0.0872 e. The fourth-order valence-electron chi connectivity index (χ4n) is 2.04. The first-order chi connectivity index (χ1) is 10.0. The van der Waals surface area contributed by atoms with Gasteiger partial charge in [0.05, 0.1) is 17.5 Å². The summed E-state index contributed by atoms with van der Waals surface area (Å²) < 4.78 is 1.82. The van der Waals surface area contributed by atoms with E-state index in [1.165, 1.54) is 0 Å². The summed E-state index contributed by atoms with van der Waals surface area (Å²) in [6.07, 6.45) is 6.77. The summed E-state index contributed by atoms with van der Waals surface area (Å²) in [6, 6.07) is 3.95. The molecule has 1 heterocycles. The third-order valence-electron chi connectivity index (χ3n) is 3.10. The lowest BCUT2D eigenvalue weighted by Crippen LogP contribution is -2.03. The van der Waals surface area contributed by atoms with Crippen molar-refractivity contribution in [3.8, 4) is 0 Å². The lowest BCUT2D eigenvalue weighted by Gasteiger charge is -2.05. The Morgan fingerprint density at radius 2 is 1.90 bits per heavy atom. The van der Waals surface area contributed by atoms with Crippen molar-refractivity contribution < 1.29 is 5.11 Å². The van der Waals surface area contributed by atoms with E-state index in [1.54, 1.807) is 6.21 Å². The molecule has 0 radical (unpaired) electrons. The summed E-state index contributed by atoms with van der Waals surface area (Å²) in [5, 5.41) is 13.3. The summed E-state index contributed by atoms with van der Waals surface area (Å²) >= 11 is 0. The van der Waals surface area contributed by atoms with Crippen LogP contribution in [-0.2, 0) is 6.42 Å². The van der Waals surface area contributed by atoms with Crippen molar-refractivity contribution in [3.05, 3.63) is 30.1 Å². The van der Waals surface area contributed by atoms with Crippen LogP contribution in [0.2, 0.25) is 0 Å². The van der Waals surface area contributed by atoms with Crippen LogP contribution in [0.3, 0.4) is 0 Å². The van der Waals surface area contributed by atoms with Gasteiger partial charge in [-0.2, -0.15) is 5.10 Å². The number of aryl methyl sites for hydroxylation is 1. The highest BCUT2D eigenvalue weighted by Crippen LogP contribution is 2.13. The van der Waals surface area contributed by atoms with Crippen LogP contribution in [0.25, 0.3) is 5.70 Å². The van der Waals surface area contributed by atoms with E-state index in [0.29, 0.717) is 5.70 Å². The Hall–Kier alpha value is -1.55. The summed E-state index contributed by atoms with van der Waals surface area (Å²) in [6.45, 7) is 11.9. The van der Waals surface area contributed by atoms with Gasteiger partial charge in [-0.3, -0.25) is 0 Å². The molecule has 0 fully saturated rings. The normalized spacial score (nSPS) is 10.8. The lowest BCUT2D eigenvalue weighted by molar-refractivity contribution is 0.153. The fourth-order valence-corrected chi connectivity index (χ4v) is 2.04. The van der Waals surface area contributed by atoms with E-state index >= 15 is 0 Å². The van der Waals surface area contributed by atoms with Gasteiger partial charge in [0.15, 0.2) is 0 Å². The number of nitrogens with zero attached hydrogens (tertiary/aromatic N) is 2. The highest BCUT2D eigenvalue weighted by molar-refractivity contribution is 5.60. The van der Waals surface area contributed by atoms with Crippen LogP contribution < -0.4 is 5.73 Å². The molecule has 0 saturated heterocycles.